The third-order valence-electron chi connectivity index (χ3n) is 2.80. The molecule has 0 spiro atoms. The largest absolute Gasteiger partial charge is 0.441 e. The van der Waals surface area contributed by atoms with Gasteiger partial charge < -0.3 is 9.73 Å². The predicted molar refractivity (Wildman–Crippen MR) is 70.3 cm³/mol. The van der Waals surface area contributed by atoms with Crippen LogP contribution in [0.15, 0.2) is 22.6 Å². The molecule has 1 N–H and O–H groups in total. The van der Waals surface area contributed by atoms with Crippen LogP contribution < -0.4 is 5.32 Å². The molecule has 1 aromatic heterocycles. The summed E-state index contributed by atoms with van der Waals surface area (Å²) in [5.41, 5.74) is 2.84. The van der Waals surface area contributed by atoms with Crippen molar-refractivity contribution in [1.82, 2.24) is 10.3 Å². The Labute approximate surface area is 106 Å². The normalized spacial score (nSPS) is 11.1. The van der Waals surface area contributed by atoms with Gasteiger partial charge in [0.05, 0.1) is 0 Å². The Bertz CT molecular complexity index is 558. The summed E-state index contributed by atoms with van der Waals surface area (Å²) in [5, 5.41) is 2.90. The van der Waals surface area contributed by atoms with Crippen LogP contribution in [-0.4, -0.2) is 17.4 Å². The van der Waals surface area contributed by atoms with Crippen molar-refractivity contribution in [3.63, 3.8) is 0 Å². The molecule has 0 unspecified atom stereocenters. The summed E-state index contributed by atoms with van der Waals surface area (Å²) in [6, 6.07) is 5.94. The fourth-order valence-electron chi connectivity index (χ4n) is 1.78. The Hall–Kier alpha value is -1.84. The number of benzene rings is 1. The van der Waals surface area contributed by atoms with Crippen molar-refractivity contribution in [2.24, 2.45) is 5.92 Å². The number of oxazole rings is 1. The molecule has 0 aliphatic heterocycles. The van der Waals surface area contributed by atoms with Gasteiger partial charge in [0.1, 0.15) is 5.52 Å². The van der Waals surface area contributed by atoms with Crippen LogP contribution in [0, 0.1) is 12.8 Å². The maximum atomic E-state index is 11.4. The molecule has 4 heteroatoms. The van der Waals surface area contributed by atoms with Crippen LogP contribution in [0.5, 0.6) is 0 Å². The van der Waals surface area contributed by atoms with Gasteiger partial charge in [0.15, 0.2) is 11.5 Å². The summed E-state index contributed by atoms with van der Waals surface area (Å²) in [6.45, 7) is 6.26. The van der Waals surface area contributed by atoms with E-state index in [2.05, 4.69) is 10.3 Å². The number of amides is 1. The molecule has 0 radical (unpaired) electrons. The van der Waals surface area contributed by atoms with E-state index in [1.165, 1.54) is 0 Å². The van der Waals surface area contributed by atoms with Crippen LogP contribution in [-0.2, 0) is 11.2 Å². The molecule has 1 aromatic carbocycles. The lowest BCUT2D eigenvalue weighted by molar-refractivity contribution is -0.123. The molecule has 18 heavy (non-hydrogen) atoms. The topological polar surface area (TPSA) is 55.1 Å². The predicted octanol–water partition coefficient (Wildman–Crippen LogP) is 2.45. The standard InChI is InChI=1S/C14H18N2O2/c1-9(2)14(17)15-7-6-11-4-5-13-12(8-11)16-10(3)18-13/h4-5,8-9H,6-7H2,1-3H3,(H,15,17). The quantitative estimate of drug-likeness (QED) is 0.901. The molecule has 0 atom stereocenters. The Kier molecular flexibility index (Phi) is 3.65. The molecular formula is C14H18N2O2. The summed E-state index contributed by atoms with van der Waals surface area (Å²) in [7, 11) is 0. The molecule has 4 nitrogen and oxygen atoms in total. The van der Waals surface area contributed by atoms with Gasteiger partial charge in [0, 0.05) is 19.4 Å². The minimum atomic E-state index is 0.0330. The number of carbonyl (C=O) groups excluding carboxylic acids is 1. The molecule has 96 valence electrons. The van der Waals surface area contributed by atoms with Crippen molar-refractivity contribution < 1.29 is 9.21 Å². The average molecular weight is 246 g/mol. The lowest BCUT2D eigenvalue weighted by Gasteiger charge is -2.07. The number of aromatic nitrogens is 1. The zero-order valence-electron chi connectivity index (χ0n) is 11.0. The van der Waals surface area contributed by atoms with Crippen LogP contribution in [0.4, 0.5) is 0 Å². The lowest BCUT2D eigenvalue weighted by Crippen LogP contribution is -2.29. The number of hydrogen-bond donors (Lipinski definition) is 1. The molecule has 2 aromatic rings. The second-order valence-corrected chi connectivity index (χ2v) is 4.73. The summed E-state index contributed by atoms with van der Waals surface area (Å²) in [4.78, 5) is 15.7. The van der Waals surface area contributed by atoms with Gasteiger partial charge in [-0.1, -0.05) is 19.9 Å². The monoisotopic (exact) mass is 246 g/mol. The van der Waals surface area contributed by atoms with E-state index in [-0.39, 0.29) is 11.8 Å². The number of hydrogen-bond acceptors (Lipinski definition) is 3. The zero-order chi connectivity index (χ0) is 13.1. The minimum absolute atomic E-state index is 0.0330. The maximum Gasteiger partial charge on any atom is 0.222 e. The van der Waals surface area contributed by atoms with E-state index in [1.54, 1.807) is 0 Å². The van der Waals surface area contributed by atoms with Gasteiger partial charge in [0.25, 0.3) is 0 Å². The Morgan fingerprint density at radius 1 is 1.44 bits per heavy atom. The second kappa shape index (κ2) is 5.21. The minimum Gasteiger partial charge on any atom is -0.441 e. The smallest absolute Gasteiger partial charge is 0.222 e. The summed E-state index contributed by atoms with van der Waals surface area (Å²) in [6.07, 6.45) is 0.806. The second-order valence-electron chi connectivity index (χ2n) is 4.73. The fourth-order valence-corrected chi connectivity index (χ4v) is 1.78. The van der Waals surface area contributed by atoms with Crippen LogP contribution >= 0.6 is 0 Å². The maximum absolute atomic E-state index is 11.4. The highest BCUT2D eigenvalue weighted by Gasteiger charge is 2.06. The van der Waals surface area contributed by atoms with Crippen LogP contribution in [0.2, 0.25) is 0 Å². The van der Waals surface area contributed by atoms with E-state index in [4.69, 9.17) is 4.42 Å². The molecule has 1 heterocycles. The molecule has 0 aliphatic carbocycles. The third-order valence-corrected chi connectivity index (χ3v) is 2.80. The van der Waals surface area contributed by atoms with Crippen LogP contribution in [0.1, 0.15) is 25.3 Å². The summed E-state index contributed by atoms with van der Waals surface area (Å²) >= 11 is 0. The lowest BCUT2D eigenvalue weighted by atomic mass is 10.1. The van der Waals surface area contributed by atoms with Gasteiger partial charge >= 0.3 is 0 Å². The number of nitrogens with one attached hydrogen (secondary N) is 1. The zero-order valence-corrected chi connectivity index (χ0v) is 11.0. The summed E-state index contributed by atoms with van der Waals surface area (Å²) in [5.74, 6) is 0.800. The molecule has 0 fully saturated rings. The number of carbonyl (C=O) groups is 1. The highest BCUT2D eigenvalue weighted by molar-refractivity contribution is 5.77. The number of rotatable bonds is 4. The van der Waals surface area contributed by atoms with Gasteiger partial charge in [-0.05, 0) is 24.1 Å². The molecule has 0 bridgehead atoms. The van der Waals surface area contributed by atoms with Gasteiger partial charge in [-0.3, -0.25) is 4.79 Å². The first-order valence-corrected chi connectivity index (χ1v) is 6.20. The van der Waals surface area contributed by atoms with Crippen molar-refractivity contribution in [1.29, 1.82) is 0 Å². The number of nitrogens with zero attached hydrogens (tertiary/aromatic N) is 1. The fraction of sp³-hybridized carbons (Fsp3) is 0.429. The van der Waals surface area contributed by atoms with Gasteiger partial charge in [0.2, 0.25) is 5.91 Å². The highest BCUT2D eigenvalue weighted by Crippen LogP contribution is 2.16. The average Bonchev–Trinajstić information content (AvgIpc) is 2.68. The van der Waals surface area contributed by atoms with Crippen molar-refractivity contribution in [3.05, 3.63) is 29.7 Å². The van der Waals surface area contributed by atoms with Crippen LogP contribution in [0.25, 0.3) is 11.1 Å². The molecular weight excluding hydrogens is 228 g/mol. The first-order chi connectivity index (χ1) is 8.56. The van der Waals surface area contributed by atoms with Gasteiger partial charge in [-0.15, -0.1) is 0 Å². The Morgan fingerprint density at radius 2 is 2.22 bits per heavy atom. The van der Waals surface area contributed by atoms with Gasteiger partial charge in [-0.25, -0.2) is 4.98 Å². The first kappa shape index (κ1) is 12.6. The van der Waals surface area contributed by atoms with E-state index >= 15 is 0 Å². The van der Waals surface area contributed by atoms with Crippen molar-refractivity contribution in [2.75, 3.05) is 6.54 Å². The van der Waals surface area contributed by atoms with Crippen molar-refractivity contribution in [3.8, 4) is 0 Å². The first-order valence-electron chi connectivity index (χ1n) is 6.20. The van der Waals surface area contributed by atoms with Crippen LogP contribution in [0.3, 0.4) is 0 Å². The van der Waals surface area contributed by atoms with E-state index in [0.717, 1.165) is 23.1 Å². The number of fused-ring (bicyclic) bond motifs is 1. The summed E-state index contributed by atoms with van der Waals surface area (Å²) < 4.78 is 5.42. The molecule has 1 amide bonds. The molecule has 2 rings (SSSR count). The SMILES string of the molecule is Cc1nc2cc(CCNC(=O)C(C)C)ccc2o1. The van der Waals surface area contributed by atoms with E-state index in [9.17, 15) is 4.79 Å². The van der Waals surface area contributed by atoms with E-state index < -0.39 is 0 Å². The van der Waals surface area contributed by atoms with E-state index in [0.29, 0.717) is 12.4 Å². The molecule has 0 saturated carbocycles. The van der Waals surface area contributed by atoms with E-state index in [1.807, 2.05) is 39.0 Å². The van der Waals surface area contributed by atoms with Crippen molar-refractivity contribution in [2.45, 2.75) is 27.2 Å². The van der Waals surface area contributed by atoms with Crippen molar-refractivity contribution >= 4 is 17.0 Å². The highest BCUT2D eigenvalue weighted by atomic mass is 16.3. The van der Waals surface area contributed by atoms with Gasteiger partial charge in [-0.2, -0.15) is 0 Å². The molecule has 0 aliphatic rings. The number of aryl methyl sites for hydroxylation is 1. The Morgan fingerprint density at radius 3 is 2.94 bits per heavy atom. The Balaban J connectivity index is 1.97. The third kappa shape index (κ3) is 2.88. The molecule has 0 saturated heterocycles.